The van der Waals surface area contributed by atoms with Crippen molar-refractivity contribution >= 4 is 0 Å². The highest BCUT2D eigenvalue weighted by atomic mass is 16.5. The summed E-state index contributed by atoms with van der Waals surface area (Å²) in [4.78, 5) is 3.99. The molecule has 0 aliphatic heterocycles. The molecule has 1 aliphatic rings. The predicted octanol–water partition coefficient (Wildman–Crippen LogP) is 1.52. The van der Waals surface area contributed by atoms with E-state index in [-0.39, 0.29) is 0 Å². The number of hydrogen-bond acceptors (Lipinski definition) is 5. The molecule has 1 aromatic heterocycles. The van der Waals surface area contributed by atoms with Gasteiger partial charge in [-0.2, -0.15) is 4.98 Å². The number of nitrogens with one attached hydrogen (secondary N) is 1. The number of aryl methyl sites for hydroxylation is 1. The van der Waals surface area contributed by atoms with E-state index in [1.165, 1.54) is 18.4 Å². The van der Waals surface area contributed by atoms with Crippen LogP contribution in [-0.4, -0.2) is 34.0 Å². The van der Waals surface area contributed by atoms with E-state index in [0.717, 1.165) is 12.3 Å². The van der Waals surface area contributed by atoms with Gasteiger partial charge in [0, 0.05) is 19.6 Å². The summed E-state index contributed by atoms with van der Waals surface area (Å²) in [5.74, 6) is 0.864. The lowest BCUT2D eigenvalue weighted by atomic mass is 10.2. The van der Waals surface area contributed by atoms with Crippen LogP contribution in [0.1, 0.15) is 18.4 Å². The maximum absolute atomic E-state index is 5.68. The highest BCUT2D eigenvalue weighted by molar-refractivity contribution is 5.28. The normalized spacial score (nSPS) is 14.1. The molecule has 1 aliphatic carbocycles. The Labute approximate surface area is 124 Å². The van der Waals surface area contributed by atoms with E-state index in [4.69, 9.17) is 9.47 Å². The van der Waals surface area contributed by atoms with Crippen molar-refractivity contribution in [2.75, 3.05) is 13.2 Å². The van der Waals surface area contributed by atoms with Gasteiger partial charge in [0.05, 0.1) is 0 Å². The molecule has 112 valence electrons. The maximum Gasteiger partial charge on any atom is 0.335 e. The monoisotopic (exact) mass is 288 g/mol. The van der Waals surface area contributed by atoms with Crippen molar-refractivity contribution in [3.63, 3.8) is 0 Å². The molecule has 3 rings (SSSR count). The standard InChI is InChI=1S/C15H20N4O2/c1-19-11-17-15(18-19)21-8-7-20-14-4-2-3-12(9-14)10-16-13-5-6-13/h2-4,9,11,13,16H,5-8,10H2,1H3. The molecule has 1 saturated carbocycles. The minimum absolute atomic E-state index is 0.378. The van der Waals surface area contributed by atoms with Crippen molar-refractivity contribution in [3.05, 3.63) is 36.2 Å². The average Bonchev–Trinajstić information content (AvgIpc) is 3.24. The fraction of sp³-hybridized carbons (Fsp3) is 0.467. The van der Waals surface area contributed by atoms with Crippen LogP contribution in [0.5, 0.6) is 11.8 Å². The molecule has 1 heterocycles. The summed E-state index contributed by atoms with van der Waals surface area (Å²) in [6.07, 6.45) is 4.21. The third-order valence-corrected chi connectivity index (χ3v) is 3.23. The highest BCUT2D eigenvalue weighted by Crippen LogP contribution is 2.20. The molecule has 1 aromatic carbocycles. The van der Waals surface area contributed by atoms with E-state index in [9.17, 15) is 0 Å². The van der Waals surface area contributed by atoms with Gasteiger partial charge in [0.15, 0.2) is 0 Å². The second-order valence-electron chi connectivity index (χ2n) is 5.20. The second-order valence-corrected chi connectivity index (χ2v) is 5.20. The van der Waals surface area contributed by atoms with Crippen LogP contribution >= 0.6 is 0 Å². The summed E-state index contributed by atoms with van der Waals surface area (Å²) in [5, 5.41) is 7.53. The molecule has 6 nitrogen and oxygen atoms in total. The van der Waals surface area contributed by atoms with Crippen molar-refractivity contribution in [2.24, 2.45) is 7.05 Å². The molecule has 1 N–H and O–H groups in total. The zero-order valence-electron chi connectivity index (χ0n) is 12.2. The van der Waals surface area contributed by atoms with Crippen LogP contribution in [0.2, 0.25) is 0 Å². The van der Waals surface area contributed by atoms with Crippen LogP contribution in [0.25, 0.3) is 0 Å². The molecule has 1 fully saturated rings. The zero-order valence-corrected chi connectivity index (χ0v) is 12.2. The Hall–Kier alpha value is -2.08. The van der Waals surface area contributed by atoms with Crippen LogP contribution < -0.4 is 14.8 Å². The van der Waals surface area contributed by atoms with Gasteiger partial charge in [-0.25, -0.2) is 0 Å². The number of rotatable bonds is 8. The molecule has 0 atom stereocenters. The van der Waals surface area contributed by atoms with E-state index in [1.54, 1.807) is 18.1 Å². The first-order chi connectivity index (χ1) is 10.3. The second kappa shape index (κ2) is 6.58. The van der Waals surface area contributed by atoms with Gasteiger partial charge in [-0.3, -0.25) is 4.68 Å². The van der Waals surface area contributed by atoms with Crippen LogP contribution in [0, 0.1) is 0 Å². The van der Waals surface area contributed by atoms with Crippen LogP contribution in [-0.2, 0) is 13.6 Å². The number of nitrogens with zero attached hydrogens (tertiary/aromatic N) is 3. The van der Waals surface area contributed by atoms with Gasteiger partial charge in [0.2, 0.25) is 0 Å². The summed E-state index contributed by atoms with van der Waals surface area (Å²) in [5.41, 5.74) is 1.24. The molecular weight excluding hydrogens is 268 g/mol. The first-order valence-electron chi connectivity index (χ1n) is 7.23. The summed E-state index contributed by atoms with van der Waals surface area (Å²) < 4.78 is 12.7. The van der Waals surface area contributed by atoms with Crippen molar-refractivity contribution in [1.82, 2.24) is 20.1 Å². The van der Waals surface area contributed by atoms with Crippen molar-refractivity contribution in [2.45, 2.75) is 25.4 Å². The van der Waals surface area contributed by atoms with Crippen LogP contribution in [0.15, 0.2) is 30.6 Å². The number of aromatic nitrogens is 3. The fourth-order valence-corrected chi connectivity index (χ4v) is 1.97. The zero-order chi connectivity index (χ0) is 14.5. The molecule has 0 bridgehead atoms. The topological polar surface area (TPSA) is 61.2 Å². The Morgan fingerprint density at radius 1 is 1.29 bits per heavy atom. The molecule has 0 unspecified atom stereocenters. The largest absolute Gasteiger partial charge is 0.490 e. The lowest BCUT2D eigenvalue weighted by Crippen LogP contribution is -2.15. The summed E-state index contributed by atoms with van der Waals surface area (Å²) >= 11 is 0. The Balaban J connectivity index is 1.40. The lowest BCUT2D eigenvalue weighted by molar-refractivity contribution is 0.206. The van der Waals surface area contributed by atoms with Gasteiger partial charge in [-0.05, 0) is 30.5 Å². The Bertz CT molecular complexity index is 581. The van der Waals surface area contributed by atoms with E-state index >= 15 is 0 Å². The van der Waals surface area contributed by atoms with Gasteiger partial charge >= 0.3 is 6.01 Å². The molecule has 0 spiro atoms. The number of benzene rings is 1. The summed E-state index contributed by atoms with van der Waals surface area (Å²) in [7, 11) is 1.80. The number of hydrogen-bond donors (Lipinski definition) is 1. The van der Waals surface area contributed by atoms with Crippen molar-refractivity contribution in [1.29, 1.82) is 0 Å². The first-order valence-corrected chi connectivity index (χ1v) is 7.23. The number of ether oxygens (including phenoxy) is 2. The third-order valence-electron chi connectivity index (χ3n) is 3.23. The van der Waals surface area contributed by atoms with Gasteiger partial charge in [0.1, 0.15) is 25.3 Å². The highest BCUT2D eigenvalue weighted by Gasteiger charge is 2.19. The van der Waals surface area contributed by atoms with E-state index in [0.29, 0.717) is 25.3 Å². The van der Waals surface area contributed by atoms with Gasteiger partial charge < -0.3 is 14.8 Å². The van der Waals surface area contributed by atoms with Gasteiger partial charge in [0.25, 0.3) is 0 Å². The summed E-state index contributed by atoms with van der Waals surface area (Å²) in [6.45, 7) is 1.79. The van der Waals surface area contributed by atoms with Crippen molar-refractivity contribution < 1.29 is 9.47 Å². The molecule has 21 heavy (non-hydrogen) atoms. The first kappa shape index (κ1) is 13.9. The minimum atomic E-state index is 0.378. The van der Waals surface area contributed by atoms with Gasteiger partial charge in [-0.1, -0.05) is 12.1 Å². The van der Waals surface area contributed by atoms with Crippen LogP contribution in [0.3, 0.4) is 0 Å². The molecule has 6 heteroatoms. The van der Waals surface area contributed by atoms with Gasteiger partial charge in [-0.15, -0.1) is 5.10 Å². The molecule has 0 radical (unpaired) electrons. The predicted molar refractivity (Wildman–Crippen MR) is 78.3 cm³/mol. The molecule has 2 aromatic rings. The fourth-order valence-electron chi connectivity index (χ4n) is 1.97. The molecule has 0 amide bonds. The maximum atomic E-state index is 5.68. The quantitative estimate of drug-likeness (QED) is 0.746. The Morgan fingerprint density at radius 2 is 2.14 bits per heavy atom. The van der Waals surface area contributed by atoms with Crippen molar-refractivity contribution in [3.8, 4) is 11.8 Å². The Kier molecular flexibility index (Phi) is 4.35. The molecule has 0 saturated heterocycles. The summed E-state index contributed by atoms with van der Waals surface area (Å²) in [6, 6.07) is 9.24. The lowest BCUT2D eigenvalue weighted by Gasteiger charge is -2.08. The van der Waals surface area contributed by atoms with E-state index in [1.807, 2.05) is 12.1 Å². The average molecular weight is 288 g/mol. The smallest absolute Gasteiger partial charge is 0.335 e. The van der Waals surface area contributed by atoms with E-state index < -0.39 is 0 Å². The Morgan fingerprint density at radius 3 is 2.90 bits per heavy atom. The van der Waals surface area contributed by atoms with E-state index in [2.05, 4.69) is 27.5 Å². The minimum Gasteiger partial charge on any atom is -0.490 e. The SMILES string of the molecule is Cn1cnc(OCCOc2cccc(CNC3CC3)c2)n1. The third kappa shape index (κ3) is 4.46. The molecular formula is C15H20N4O2. The van der Waals surface area contributed by atoms with Crippen LogP contribution in [0.4, 0.5) is 0 Å².